The molecule has 0 heterocycles. The van der Waals surface area contributed by atoms with Crippen molar-refractivity contribution in [3.05, 3.63) is 35.4 Å². The molecule has 0 aliphatic heterocycles. The molecular formula is C20H32O3S. The molecule has 0 aromatic heterocycles. The highest BCUT2D eigenvalue weighted by Gasteiger charge is 2.27. The van der Waals surface area contributed by atoms with Crippen LogP contribution in [0.3, 0.4) is 0 Å². The molecule has 0 saturated carbocycles. The fourth-order valence-corrected chi connectivity index (χ4v) is 3.84. The van der Waals surface area contributed by atoms with E-state index in [0.29, 0.717) is 12.2 Å². The van der Waals surface area contributed by atoms with Crippen LogP contribution >= 0.6 is 0 Å². The van der Waals surface area contributed by atoms with Crippen molar-refractivity contribution in [1.82, 2.24) is 0 Å². The molecule has 0 atom stereocenters. The molecule has 0 N–H and O–H groups in total. The zero-order chi connectivity index (χ0) is 18.2. The molecule has 136 valence electrons. The van der Waals surface area contributed by atoms with E-state index < -0.39 is 14.6 Å². The fraction of sp³-hybridized carbons (Fsp3) is 0.650. The molecule has 0 aliphatic rings. The van der Waals surface area contributed by atoms with Gasteiger partial charge in [0.25, 0.3) is 0 Å². The molecule has 0 amide bonds. The van der Waals surface area contributed by atoms with Crippen molar-refractivity contribution >= 4 is 15.6 Å². The smallest absolute Gasteiger partial charge is 0.155 e. The molecule has 4 heteroatoms. The van der Waals surface area contributed by atoms with Crippen molar-refractivity contribution in [2.45, 2.75) is 77.4 Å². The van der Waals surface area contributed by atoms with Gasteiger partial charge >= 0.3 is 0 Å². The van der Waals surface area contributed by atoms with E-state index in [1.54, 1.807) is 27.7 Å². The third-order valence-corrected chi connectivity index (χ3v) is 6.95. The maximum Gasteiger partial charge on any atom is 0.155 e. The van der Waals surface area contributed by atoms with E-state index in [-0.39, 0.29) is 5.78 Å². The van der Waals surface area contributed by atoms with Gasteiger partial charge in [-0.15, -0.1) is 0 Å². The molecule has 0 bridgehead atoms. The van der Waals surface area contributed by atoms with Crippen LogP contribution in [0, 0.1) is 0 Å². The van der Waals surface area contributed by atoms with Crippen LogP contribution in [0.2, 0.25) is 0 Å². The quantitative estimate of drug-likeness (QED) is 0.582. The Balaban J connectivity index is 2.22. The molecule has 0 aliphatic carbocycles. The molecule has 3 nitrogen and oxygen atoms in total. The predicted octanol–water partition coefficient (Wildman–Crippen LogP) is 4.52. The topological polar surface area (TPSA) is 51.2 Å². The van der Waals surface area contributed by atoms with Gasteiger partial charge < -0.3 is 0 Å². The molecule has 1 aromatic carbocycles. The summed E-state index contributed by atoms with van der Waals surface area (Å²) < 4.78 is 23.4. The summed E-state index contributed by atoms with van der Waals surface area (Å²) in [6.45, 7) is 6.92. The third kappa shape index (κ3) is 7.61. The second kappa shape index (κ2) is 9.36. The van der Waals surface area contributed by atoms with Crippen molar-refractivity contribution in [2.24, 2.45) is 0 Å². The summed E-state index contributed by atoms with van der Waals surface area (Å²) in [5, 5.41) is 0. The lowest BCUT2D eigenvalue weighted by Gasteiger charge is -2.18. The van der Waals surface area contributed by atoms with Gasteiger partial charge in [0, 0.05) is 6.42 Å². The molecule has 1 rings (SSSR count). The number of benzene rings is 1. The van der Waals surface area contributed by atoms with Crippen LogP contribution in [0.5, 0.6) is 0 Å². The van der Waals surface area contributed by atoms with Crippen molar-refractivity contribution < 1.29 is 13.2 Å². The summed E-state index contributed by atoms with van der Waals surface area (Å²) in [4.78, 5) is 11.2. The number of sulfone groups is 1. The van der Waals surface area contributed by atoms with Gasteiger partial charge in [0.15, 0.2) is 9.84 Å². The molecule has 0 radical (unpaired) electrons. The lowest BCUT2D eigenvalue weighted by molar-refractivity contribution is -0.116. The van der Waals surface area contributed by atoms with E-state index in [0.717, 1.165) is 44.1 Å². The Hall–Kier alpha value is -1.16. The zero-order valence-corrected chi connectivity index (χ0v) is 16.4. The Morgan fingerprint density at radius 1 is 0.958 bits per heavy atom. The van der Waals surface area contributed by atoms with E-state index in [2.05, 4.69) is 12.1 Å². The standard InChI is InChI=1S/C20H32O3S/c1-17(21)15-19-13-10-12-18(16-19)11-8-6-5-7-9-14-24(22,23)20(2,3)4/h10,12-13,16H,5-9,11,14-15H2,1-4H3. The largest absolute Gasteiger partial charge is 0.300 e. The maximum atomic E-state index is 12.0. The van der Waals surface area contributed by atoms with Crippen LogP contribution in [0.25, 0.3) is 0 Å². The van der Waals surface area contributed by atoms with Crippen LogP contribution in [0.15, 0.2) is 24.3 Å². The van der Waals surface area contributed by atoms with Gasteiger partial charge in [0.2, 0.25) is 0 Å². The van der Waals surface area contributed by atoms with E-state index in [1.165, 1.54) is 5.56 Å². The fourth-order valence-electron chi connectivity index (χ4n) is 2.64. The summed E-state index contributed by atoms with van der Waals surface area (Å²) in [7, 11) is -2.98. The molecular weight excluding hydrogens is 320 g/mol. The van der Waals surface area contributed by atoms with Gasteiger partial charge in [-0.05, 0) is 58.1 Å². The predicted molar refractivity (Wildman–Crippen MR) is 101 cm³/mol. The highest BCUT2D eigenvalue weighted by atomic mass is 32.2. The van der Waals surface area contributed by atoms with Crippen LogP contribution in [-0.4, -0.2) is 24.7 Å². The first-order valence-corrected chi connectivity index (χ1v) is 10.6. The second-order valence-corrected chi connectivity index (χ2v) is 10.5. The lowest BCUT2D eigenvalue weighted by atomic mass is 10.0. The van der Waals surface area contributed by atoms with Gasteiger partial charge in [0.05, 0.1) is 10.5 Å². The van der Waals surface area contributed by atoms with E-state index in [9.17, 15) is 13.2 Å². The van der Waals surface area contributed by atoms with Gasteiger partial charge in [0.1, 0.15) is 5.78 Å². The summed E-state index contributed by atoms with van der Waals surface area (Å²) in [6.07, 6.45) is 6.56. The lowest BCUT2D eigenvalue weighted by Crippen LogP contribution is -2.30. The number of carbonyl (C=O) groups is 1. The minimum atomic E-state index is -2.98. The summed E-state index contributed by atoms with van der Waals surface area (Å²) in [6, 6.07) is 8.25. The second-order valence-electron chi connectivity index (χ2n) is 7.65. The Morgan fingerprint density at radius 2 is 1.54 bits per heavy atom. The van der Waals surface area contributed by atoms with Crippen LogP contribution in [0.1, 0.15) is 70.9 Å². The molecule has 0 saturated heterocycles. The minimum absolute atomic E-state index is 0.192. The third-order valence-electron chi connectivity index (χ3n) is 4.26. The molecule has 0 unspecified atom stereocenters. The normalized spacial score (nSPS) is 12.3. The number of carbonyl (C=O) groups excluding carboxylic acids is 1. The number of rotatable bonds is 10. The maximum absolute atomic E-state index is 12.0. The molecule has 24 heavy (non-hydrogen) atoms. The van der Waals surface area contributed by atoms with Crippen molar-refractivity contribution in [2.75, 3.05) is 5.75 Å². The number of ketones is 1. The average molecular weight is 353 g/mol. The monoisotopic (exact) mass is 352 g/mol. The zero-order valence-electron chi connectivity index (χ0n) is 15.6. The van der Waals surface area contributed by atoms with Gasteiger partial charge in [-0.25, -0.2) is 8.42 Å². The van der Waals surface area contributed by atoms with Crippen LogP contribution < -0.4 is 0 Å². The van der Waals surface area contributed by atoms with E-state index in [1.807, 2.05) is 12.1 Å². The van der Waals surface area contributed by atoms with Crippen LogP contribution in [0.4, 0.5) is 0 Å². The number of aryl methyl sites for hydroxylation is 1. The van der Waals surface area contributed by atoms with Gasteiger partial charge in [-0.2, -0.15) is 0 Å². The van der Waals surface area contributed by atoms with E-state index >= 15 is 0 Å². The van der Waals surface area contributed by atoms with Crippen molar-refractivity contribution in [1.29, 1.82) is 0 Å². The number of unbranched alkanes of at least 4 members (excludes halogenated alkanes) is 4. The number of hydrogen-bond donors (Lipinski definition) is 0. The first kappa shape index (κ1) is 20.9. The highest BCUT2D eigenvalue weighted by molar-refractivity contribution is 7.92. The van der Waals surface area contributed by atoms with Gasteiger partial charge in [-0.3, -0.25) is 4.79 Å². The first-order chi connectivity index (χ1) is 11.1. The Morgan fingerprint density at radius 3 is 2.17 bits per heavy atom. The van der Waals surface area contributed by atoms with Crippen molar-refractivity contribution in [3.8, 4) is 0 Å². The van der Waals surface area contributed by atoms with Crippen LogP contribution in [-0.2, 0) is 27.5 Å². The number of hydrogen-bond acceptors (Lipinski definition) is 3. The minimum Gasteiger partial charge on any atom is -0.300 e. The molecule has 1 aromatic rings. The molecule has 0 spiro atoms. The van der Waals surface area contributed by atoms with Gasteiger partial charge in [-0.1, -0.05) is 43.5 Å². The summed E-state index contributed by atoms with van der Waals surface area (Å²) in [5.74, 6) is 0.487. The SMILES string of the molecule is CC(=O)Cc1cccc(CCCCCCCS(=O)(=O)C(C)(C)C)c1. The van der Waals surface area contributed by atoms with E-state index in [4.69, 9.17) is 0 Å². The molecule has 0 fully saturated rings. The average Bonchev–Trinajstić information content (AvgIpc) is 2.44. The van der Waals surface area contributed by atoms with Crippen molar-refractivity contribution in [3.63, 3.8) is 0 Å². The Labute approximate surface area is 147 Å². The highest BCUT2D eigenvalue weighted by Crippen LogP contribution is 2.18. The summed E-state index contributed by atoms with van der Waals surface area (Å²) >= 11 is 0. The Bertz CT molecular complexity index is 625. The summed E-state index contributed by atoms with van der Waals surface area (Å²) in [5.41, 5.74) is 2.37. The number of Topliss-reactive ketones (excluding diaryl/α,β-unsaturated/α-hetero) is 1. The first-order valence-electron chi connectivity index (χ1n) is 8.91. The Kier molecular flexibility index (Phi) is 8.14.